The number of nitriles is 1. The van der Waals surface area contributed by atoms with Crippen molar-refractivity contribution in [2.24, 2.45) is 0 Å². The second-order valence-corrected chi connectivity index (χ2v) is 5.14. The fraction of sp³-hybridized carbons (Fsp3) is 0.222. The van der Waals surface area contributed by atoms with Crippen molar-refractivity contribution >= 4 is 5.91 Å². The molecule has 0 bridgehead atoms. The van der Waals surface area contributed by atoms with Crippen LogP contribution in [0.25, 0.3) is 0 Å². The molecule has 0 radical (unpaired) electrons. The summed E-state index contributed by atoms with van der Waals surface area (Å²) in [4.78, 5) is 13.6. The number of carbonyl (C=O) groups is 1. The minimum absolute atomic E-state index is 0.0741. The van der Waals surface area contributed by atoms with Crippen LogP contribution in [0, 0.1) is 17.1 Å². The van der Waals surface area contributed by atoms with Crippen LogP contribution in [-0.4, -0.2) is 24.5 Å². The molecule has 0 saturated carbocycles. The summed E-state index contributed by atoms with van der Waals surface area (Å²) in [5.41, 5.74) is 1.75. The van der Waals surface area contributed by atoms with Crippen LogP contribution in [0.4, 0.5) is 4.39 Å². The molecule has 2 rings (SSSR count). The van der Waals surface area contributed by atoms with Crippen molar-refractivity contribution in [3.8, 4) is 11.8 Å². The minimum atomic E-state index is -0.300. The summed E-state index contributed by atoms with van der Waals surface area (Å²) in [6.07, 6.45) is 0.347. The molecule has 5 heteroatoms. The average molecular weight is 312 g/mol. The summed E-state index contributed by atoms with van der Waals surface area (Å²) < 4.78 is 18.3. The third-order valence-corrected chi connectivity index (χ3v) is 3.33. The van der Waals surface area contributed by atoms with E-state index < -0.39 is 0 Å². The Morgan fingerprint density at radius 2 is 1.74 bits per heavy atom. The summed E-state index contributed by atoms with van der Waals surface area (Å²) >= 11 is 0. The highest BCUT2D eigenvalue weighted by molar-refractivity contribution is 5.77. The van der Waals surface area contributed by atoms with Gasteiger partial charge in [0.25, 0.3) is 5.91 Å². The first-order chi connectivity index (χ1) is 11.1. The molecule has 0 atom stereocenters. The molecule has 118 valence electrons. The Kier molecular flexibility index (Phi) is 5.70. The molecule has 0 heterocycles. The lowest BCUT2D eigenvalue weighted by atomic mass is 10.2. The fourth-order valence-corrected chi connectivity index (χ4v) is 2.00. The SMILES string of the molecule is CN(Cc1ccc(F)cc1)C(=O)COc1ccc(CC#N)cc1. The number of hydrogen-bond acceptors (Lipinski definition) is 3. The molecule has 23 heavy (non-hydrogen) atoms. The number of hydrogen-bond donors (Lipinski definition) is 0. The van der Waals surface area contributed by atoms with E-state index in [2.05, 4.69) is 6.07 Å². The van der Waals surface area contributed by atoms with Gasteiger partial charge in [0.2, 0.25) is 0 Å². The van der Waals surface area contributed by atoms with Gasteiger partial charge in [0, 0.05) is 13.6 Å². The lowest BCUT2D eigenvalue weighted by Crippen LogP contribution is -2.30. The Balaban J connectivity index is 1.83. The first kappa shape index (κ1) is 16.5. The zero-order valence-electron chi connectivity index (χ0n) is 12.8. The number of nitrogens with zero attached hydrogens (tertiary/aromatic N) is 2. The zero-order valence-corrected chi connectivity index (χ0v) is 12.8. The van der Waals surface area contributed by atoms with Gasteiger partial charge in [-0.2, -0.15) is 5.26 Å². The molecular formula is C18H17FN2O2. The predicted molar refractivity (Wildman–Crippen MR) is 84.1 cm³/mol. The van der Waals surface area contributed by atoms with Crippen molar-refractivity contribution in [2.45, 2.75) is 13.0 Å². The Labute approximate surface area is 134 Å². The third kappa shape index (κ3) is 5.11. The maximum atomic E-state index is 12.8. The molecule has 0 aliphatic carbocycles. The number of halogens is 1. The molecule has 2 aromatic carbocycles. The fourth-order valence-electron chi connectivity index (χ4n) is 2.00. The first-order valence-corrected chi connectivity index (χ1v) is 7.15. The second-order valence-electron chi connectivity index (χ2n) is 5.14. The molecule has 2 aromatic rings. The highest BCUT2D eigenvalue weighted by atomic mass is 19.1. The van der Waals surface area contributed by atoms with E-state index in [-0.39, 0.29) is 18.3 Å². The topological polar surface area (TPSA) is 53.3 Å². The number of ether oxygens (including phenoxy) is 1. The zero-order chi connectivity index (χ0) is 16.7. The van der Waals surface area contributed by atoms with E-state index in [9.17, 15) is 9.18 Å². The van der Waals surface area contributed by atoms with Crippen LogP contribution in [0.3, 0.4) is 0 Å². The minimum Gasteiger partial charge on any atom is -0.484 e. The molecule has 0 aliphatic heterocycles. The highest BCUT2D eigenvalue weighted by Crippen LogP contribution is 2.13. The maximum absolute atomic E-state index is 12.8. The lowest BCUT2D eigenvalue weighted by molar-refractivity contribution is -0.132. The molecule has 0 aliphatic rings. The normalized spacial score (nSPS) is 9.96. The van der Waals surface area contributed by atoms with Crippen LogP contribution in [0.15, 0.2) is 48.5 Å². The van der Waals surface area contributed by atoms with E-state index in [0.717, 1.165) is 11.1 Å². The van der Waals surface area contributed by atoms with E-state index in [1.165, 1.54) is 17.0 Å². The Morgan fingerprint density at radius 3 is 2.35 bits per heavy atom. The van der Waals surface area contributed by atoms with Crippen LogP contribution in [0.5, 0.6) is 5.75 Å². The quantitative estimate of drug-likeness (QED) is 0.824. The Bertz CT molecular complexity index is 690. The average Bonchev–Trinajstić information content (AvgIpc) is 2.56. The van der Waals surface area contributed by atoms with Gasteiger partial charge in [-0.05, 0) is 35.4 Å². The molecule has 0 fully saturated rings. The lowest BCUT2D eigenvalue weighted by Gasteiger charge is -2.17. The van der Waals surface area contributed by atoms with E-state index >= 15 is 0 Å². The summed E-state index contributed by atoms with van der Waals surface area (Å²) in [7, 11) is 1.67. The second kappa shape index (κ2) is 7.95. The molecule has 0 unspecified atom stereocenters. The summed E-state index contributed by atoms with van der Waals surface area (Å²) in [6.45, 7) is 0.318. The van der Waals surface area contributed by atoms with Crippen LogP contribution < -0.4 is 4.74 Å². The van der Waals surface area contributed by atoms with Gasteiger partial charge in [-0.3, -0.25) is 4.79 Å². The van der Waals surface area contributed by atoms with Gasteiger partial charge in [-0.15, -0.1) is 0 Å². The molecule has 4 nitrogen and oxygen atoms in total. The Morgan fingerprint density at radius 1 is 1.13 bits per heavy atom. The van der Waals surface area contributed by atoms with Crippen LogP contribution in [0.2, 0.25) is 0 Å². The van der Waals surface area contributed by atoms with Crippen LogP contribution >= 0.6 is 0 Å². The largest absolute Gasteiger partial charge is 0.484 e. The number of carbonyl (C=O) groups excluding carboxylic acids is 1. The van der Waals surface area contributed by atoms with Gasteiger partial charge in [-0.25, -0.2) is 4.39 Å². The highest BCUT2D eigenvalue weighted by Gasteiger charge is 2.10. The number of benzene rings is 2. The van der Waals surface area contributed by atoms with Gasteiger partial charge in [0.05, 0.1) is 12.5 Å². The Hall–Kier alpha value is -2.87. The van der Waals surface area contributed by atoms with Crippen molar-refractivity contribution in [3.05, 3.63) is 65.5 Å². The number of amides is 1. The van der Waals surface area contributed by atoms with Crippen molar-refractivity contribution in [2.75, 3.05) is 13.7 Å². The maximum Gasteiger partial charge on any atom is 0.260 e. The van der Waals surface area contributed by atoms with E-state index in [1.807, 2.05) is 0 Å². The van der Waals surface area contributed by atoms with Crippen molar-refractivity contribution in [1.29, 1.82) is 5.26 Å². The standard InChI is InChI=1S/C18H17FN2O2/c1-21(12-15-2-6-16(19)7-3-15)18(22)13-23-17-8-4-14(5-9-17)10-11-20/h2-9H,10,12-13H2,1H3. The molecular weight excluding hydrogens is 295 g/mol. The van der Waals surface area contributed by atoms with Gasteiger partial charge in [0.15, 0.2) is 6.61 Å². The molecule has 0 N–H and O–H groups in total. The van der Waals surface area contributed by atoms with Crippen molar-refractivity contribution in [3.63, 3.8) is 0 Å². The summed E-state index contributed by atoms with van der Waals surface area (Å²) in [6, 6.07) is 15.2. The van der Waals surface area contributed by atoms with E-state index in [4.69, 9.17) is 10.00 Å². The molecule has 0 saturated heterocycles. The third-order valence-electron chi connectivity index (χ3n) is 3.33. The van der Waals surface area contributed by atoms with Gasteiger partial charge in [0.1, 0.15) is 11.6 Å². The number of rotatable bonds is 6. The summed E-state index contributed by atoms with van der Waals surface area (Å²) in [5.74, 6) is 0.108. The van der Waals surface area contributed by atoms with E-state index in [1.54, 1.807) is 43.4 Å². The van der Waals surface area contributed by atoms with Gasteiger partial charge in [-0.1, -0.05) is 24.3 Å². The summed E-state index contributed by atoms with van der Waals surface area (Å²) in [5, 5.41) is 8.61. The van der Waals surface area contributed by atoms with Crippen LogP contribution in [0.1, 0.15) is 11.1 Å². The van der Waals surface area contributed by atoms with Gasteiger partial charge >= 0.3 is 0 Å². The van der Waals surface area contributed by atoms with Crippen molar-refractivity contribution < 1.29 is 13.9 Å². The van der Waals surface area contributed by atoms with Crippen LogP contribution in [-0.2, 0) is 17.8 Å². The monoisotopic (exact) mass is 312 g/mol. The van der Waals surface area contributed by atoms with Gasteiger partial charge < -0.3 is 9.64 Å². The molecule has 0 aromatic heterocycles. The smallest absolute Gasteiger partial charge is 0.260 e. The van der Waals surface area contributed by atoms with E-state index in [0.29, 0.717) is 18.7 Å². The van der Waals surface area contributed by atoms with Crippen molar-refractivity contribution in [1.82, 2.24) is 4.90 Å². The first-order valence-electron chi connectivity index (χ1n) is 7.15. The molecule has 1 amide bonds. The predicted octanol–water partition coefficient (Wildman–Crippen LogP) is 2.93. The number of likely N-dealkylation sites (N-methyl/N-ethyl adjacent to an activating group) is 1. The molecule has 0 spiro atoms.